The zero-order chi connectivity index (χ0) is 14.4. The lowest BCUT2D eigenvalue weighted by molar-refractivity contribution is 0.618. The van der Waals surface area contributed by atoms with E-state index in [9.17, 15) is 8.78 Å². The van der Waals surface area contributed by atoms with E-state index in [2.05, 4.69) is 20.9 Å². The summed E-state index contributed by atoms with van der Waals surface area (Å²) in [4.78, 5) is 4.07. The average molecular weight is 338 g/mol. The molecule has 0 aliphatic heterocycles. The fourth-order valence-electron chi connectivity index (χ4n) is 2.14. The Hall–Kier alpha value is -1.95. The maximum absolute atomic E-state index is 14.1. The summed E-state index contributed by atoms with van der Waals surface area (Å²) in [6.45, 7) is 1.80. The van der Waals surface area contributed by atoms with E-state index in [4.69, 9.17) is 5.73 Å². The summed E-state index contributed by atoms with van der Waals surface area (Å²) < 4.78 is 29.4. The van der Waals surface area contributed by atoms with Gasteiger partial charge >= 0.3 is 0 Å². The standard InChI is InChI=1S/C14H10BrF2N3/c1-7-2-3-12(10(17)4-7)20-13-5-8(15)9(16)6-11(13)19-14(20)18/h2-6H,1H3,(H2,18,19). The fourth-order valence-corrected chi connectivity index (χ4v) is 2.47. The van der Waals surface area contributed by atoms with Crippen molar-refractivity contribution in [2.24, 2.45) is 0 Å². The molecule has 3 aromatic rings. The highest BCUT2D eigenvalue weighted by molar-refractivity contribution is 9.10. The van der Waals surface area contributed by atoms with Crippen molar-refractivity contribution in [2.45, 2.75) is 6.92 Å². The Morgan fingerprint density at radius 2 is 1.90 bits per heavy atom. The highest BCUT2D eigenvalue weighted by Crippen LogP contribution is 2.29. The van der Waals surface area contributed by atoms with E-state index in [0.717, 1.165) is 5.56 Å². The summed E-state index contributed by atoms with van der Waals surface area (Å²) in [6.07, 6.45) is 0. The first-order valence-corrected chi connectivity index (χ1v) is 6.66. The van der Waals surface area contributed by atoms with Crippen molar-refractivity contribution < 1.29 is 8.78 Å². The third-order valence-electron chi connectivity index (χ3n) is 3.07. The highest BCUT2D eigenvalue weighted by atomic mass is 79.9. The number of anilines is 1. The number of fused-ring (bicyclic) bond motifs is 1. The Bertz CT molecular complexity index is 827. The summed E-state index contributed by atoms with van der Waals surface area (Å²) in [6, 6.07) is 7.62. The Morgan fingerprint density at radius 3 is 2.60 bits per heavy atom. The van der Waals surface area contributed by atoms with Crippen LogP contribution in [0, 0.1) is 18.6 Å². The van der Waals surface area contributed by atoms with E-state index in [1.54, 1.807) is 19.1 Å². The lowest BCUT2D eigenvalue weighted by atomic mass is 10.2. The smallest absolute Gasteiger partial charge is 0.206 e. The number of nitrogens with zero attached hydrogens (tertiary/aromatic N) is 2. The molecule has 0 amide bonds. The molecule has 1 aromatic heterocycles. The number of hydrogen-bond donors (Lipinski definition) is 1. The second kappa shape index (κ2) is 4.56. The van der Waals surface area contributed by atoms with Crippen LogP contribution in [0.1, 0.15) is 5.56 Å². The van der Waals surface area contributed by atoms with Gasteiger partial charge in [0.2, 0.25) is 5.95 Å². The summed E-state index contributed by atoms with van der Waals surface area (Å²) in [5, 5.41) is 0. The van der Waals surface area contributed by atoms with Crippen LogP contribution in [-0.4, -0.2) is 9.55 Å². The molecule has 2 N–H and O–H groups in total. The molecule has 3 rings (SSSR count). The molecule has 0 unspecified atom stereocenters. The van der Waals surface area contributed by atoms with Crippen LogP contribution >= 0.6 is 15.9 Å². The molecule has 0 fully saturated rings. The van der Waals surface area contributed by atoms with E-state index in [1.165, 1.54) is 22.8 Å². The van der Waals surface area contributed by atoms with Crippen molar-refractivity contribution >= 4 is 32.9 Å². The maximum Gasteiger partial charge on any atom is 0.206 e. The van der Waals surface area contributed by atoms with Gasteiger partial charge < -0.3 is 5.73 Å². The molecule has 0 aliphatic rings. The molecule has 0 radical (unpaired) electrons. The van der Waals surface area contributed by atoms with Crippen molar-refractivity contribution in [2.75, 3.05) is 5.73 Å². The number of rotatable bonds is 1. The first-order chi connectivity index (χ1) is 9.47. The number of aromatic nitrogens is 2. The topological polar surface area (TPSA) is 43.8 Å². The molecule has 0 saturated carbocycles. The van der Waals surface area contributed by atoms with Gasteiger partial charge in [0, 0.05) is 6.07 Å². The number of halogens is 3. The van der Waals surface area contributed by atoms with Gasteiger partial charge in [-0.1, -0.05) is 6.07 Å². The van der Waals surface area contributed by atoms with Gasteiger partial charge in [0.15, 0.2) is 0 Å². The normalized spacial score (nSPS) is 11.2. The molecule has 0 saturated heterocycles. The zero-order valence-electron chi connectivity index (χ0n) is 10.5. The van der Waals surface area contributed by atoms with E-state index < -0.39 is 11.6 Å². The molecule has 0 atom stereocenters. The Labute approximate surface area is 122 Å². The molecular weight excluding hydrogens is 328 g/mol. The third kappa shape index (κ3) is 1.96. The van der Waals surface area contributed by atoms with Gasteiger partial charge in [-0.25, -0.2) is 13.8 Å². The molecule has 20 heavy (non-hydrogen) atoms. The molecule has 6 heteroatoms. The second-order valence-corrected chi connectivity index (χ2v) is 5.37. The summed E-state index contributed by atoms with van der Waals surface area (Å²) >= 11 is 3.11. The van der Waals surface area contributed by atoms with Gasteiger partial charge in [-0.3, -0.25) is 4.57 Å². The summed E-state index contributed by atoms with van der Waals surface area (Å²) in [5.74, 6) is -0.733. The van der Waals surface area contributed by atoms with Gasteiger partial charge in [-0.05, 0) is 46.6 Å². The fraction of sp³-hybridized carbons (Fsp3) is 0.0714. The second-order valence-electron chi connectivity index (χ2n) is 4.52. The van der Waals surface area contributed by atoms with Crippen molar-refractivity contribution in [3.63, 3.8) is 0 Å². The molecule has 0 aliphatic carbocycles. The minimum absolute atomic E-state index is 0.111. The van der Waals surface area contributed by atoms with Gasteiger partial charge in [-0.2, -0.15) is 0 Å². The monoisotopic (exact) mass is 337 g/mol. The van der Waals surface area contributed by atoms with E-state index >= 15 is 0 Å². The number of nitrogens with two attached hydrogens (primary N) is 1. The van der Waals surface area contributed by atoms with Gasteiger partial charge in [0.1, 0.15) is 11.6 Å². The molecule has 2 aromatic carbocycles. The molecule has 102 valence electrons. The number of nitrogen functional groups attached to an aromatic ring is 1. The van der Waals surface area contributed by atoms with Crippen molar-refractivity contribution in [1.29, 1.82) is 0 Å². The highest BCUT2D eigenvalue weighted by Gasteiger charge is 2.15. The predicted molar refractivity (Wildman–Crippen MR) is 77.8 cm³/mol. The predicted octanol–water partition coefficient (Wildman–Crippen LogP) is 3.96. The van der Waals surface area contributed by atoms with Crippen LogP contribution < -0.4 is 5.73 Å². The van der Waals surface area contributed by atoms with Crippen LogP contribution in [0.2, 0.25) is 0 Å². The summed E-state index contributed by atoms with van der Waals surface area (Å²) in [7, 11) is 0. The minimum Gasteiger partial charge on any atom is -0.369 e. The third-order valence-corrected chi connectivity index (χ3v) is 3.67. The van der Waals surface area contributed by atoms with Crippen LogP contribution in [0.25, 0.3) is 16.7 Å². The van der Waals surface area contributed by atoms with E-state index in [0.29, 0.717) is 11.0 Å². The number of imidazole rings is 1. The Morgan fingerprint density at radius 1 is 1.15 bits per heavy atom. The quantitative estimate of drug-likeness (QED) is 0.730. The minimum atomic E-state index is -0.438. The number of hydrogen-bond acceptors (Lipinski definition) is 2. The van der Waals surface area contributed by atoms with Crippen LogP contribution in [-0.2, 0) is 0 Å². The summed E-state index contributed by atoms with van der Waals surface area (Å²) in [5.41, 5.74) is 7.85. The van der Waals surface area contributed by atoms with E-state index in [1.807, 2.05) is 0 Å². The van der Waals surface area contributed by atoms with Crippen molar-refractivity contribution in [1.82, 2.24) is 9.55 Å². The average Bonchev–Trinajstić information content (AvgIpc) is 2.66. The number of aryl methyl sites for hydroxylation is 1. The first kappa shape index (κ1) is 13.1. The van der Waals surface area contributed by atoms with Crippen molar-refractivity contribution in [3.05, 3.63) is 52.0 Å². The number of benzene rings is 2. The zero-order valence-corrected chi connectivity index (χ0v) is 12.1. The van der Waals surface area contributed by atoms with Crippen LogP contribution in [0.3, 0.4) is 0 Å². The molecule has 0 spiro atoms. The molecular formula is C14H10BrF2N3. The Balaban J connectivity index is 2.35. The van der Waals surface area contributed by atoms with Crippen molar-refractivity contribution in [3.8, 4) is 5.69 Å². The van der Waals surface area contributed by atoms with Crippen LogP contribution in [0.4, 0.5) is 14.7 Å². The SMILES string of the molecule is Cc1ccc(-n2c(N)nc3cc(F)c(Br)cc32)c(F)c1. The van der Waals surface area contributed by atoms with Gasteiger partial charge in [-0.15, -0.1) is 0 Å². The van der Waals surface area contributed by atoms with E-state index in [-0.39, 0.29) is 16.1 Å². The van der Waals surface area contributed by atoms with Gasteiger partial charge in [0.25, 0.3) is 0 Å². The largest absolute Gasteiger partial charge is 0.369 e. The van der Waals surface area contributed by atoms with Gasteiger partial charge in [0.05, 0.1) is 21.2 Å². The van der Waals surface area contributed by atoms with Crippen LogP contribution in [0.15, 0.2) is 34.8 Å². The first-order valence-electron chi connectivity index (χ1n) is 5.87. The molecule has 0 bridgehead atoms. The lowest BCUT2D eigenvalue weighted by Crippen LogP contribution is -2.03. The molecule has 1 heterocycles. The molecule has 3 nitrogen and oxygen atoms in total. The maximum atomic E-state index is 14.1. The van der Waals surface area contributed by atoms with Crippen LogP contribution in [0.5, 0.6) is 0 Å². The lowest BCUT2D eigenvalue weighted by Gasteiger charge is -2.08. The Kier molecular flexibility index (Phi) is 2.97.